The van der Waals surface area contributed by atoms with Crippen LogP contribution in [-0.4, -0.2) is 59.6 Å². The van der Waals surface area contributed by atoms with Gasteiger partial charge >= 0.3 is 0 Å². The zero-order valence-corrected chi connectivity index (χ0v) is 20.6. The van der Waals surface area contributed by atoms with E-state index in [-0.39, 0.29) is 23.1 Å². The molecule has 0 saturated carbocycles. The number of sulfonamides is 1. The van der Waals surface area contributed by atoms with Crippen LogP contribution < -0.4 is 19.1 Å². The Bertz CT molecular complexity index is 1260. The Labute approximate surface area is 206 Å². The number of amides is 1. The molecule has 3 aromatic rings. The summed E-state index contributed by atoms with van der Waals surface area (Å²) in [6.45, 7) is 2.56. The second-order valence-electron chi connectivity index (χ2n) is 8.15. The Balaban J connectivity index is 1.46. The van der Waals surface area contributed by atoms with Crippen LogP contribution in [-0.2, 0) is 16.6 Å². The third-order valence-corrected chi connectivity index (χ3v) is 7.44. The van der Waals surface area contributed by atoms with Crippen LogP contribution in [0.5, 0.6) is 11.5 Å². The average molecular weight is 496 g/mol. The van der Waals surface area contributed by atoms with E-state index in [1.165, 1.54) is 19.2 Å². The number of hydrogen-bond donors (Lipinski definition) is 1. The number of rotatable bonds is 8. The molecular weight excluding hydrogens is 466 g/mol. The smallest absolute Gasteiger partial charge is 0.254 e. The van der Waals surface area contributed by atoms with Gasteiger partial charge in [-0.15, -0.1) is 0 Å². The third-order valence-electron chi connectivity index (χ3n) is 6.01. The maximum atomic E-state index is 13.2. The van der Waals surface area contributed by atoms with Crippen molar-refractivity contribution in [2.24, 2.45) is 0 Å². The molecule has 8 nitrogen and oxygen atoms in total. The van der Waals surface area contributed by atoms with Gasteiger partial charge in [0, 0.05) is 44.0 Å². The number of methoxy groups -OCH3 is 2. The molecule has 0 unspecified atom stereocenters. The van der Waals surface area contributed by atoms with Crippen LogP contribution in [0.2, 0.25) is 0 Å². The number of ether oxygens (including phenoxy) is 2. The fraction of sp³-hybridized carbons (Fsp3) is 0.269. The number of hydrogen-bond acceptors (Lipinski definition) is 6. The van der Waals surface area contributed by atoms with Crippen molar-refractivity contribution in [2.45, 2.75) is 11.4 Å². The lowest BCUT2D eigenvalue weighted by Crippen LogP contribution is -2.48. The van der Waals surface area contributed by atoms with Crippen LogP contribution in [0.15, 0.2) is 77.7 Å². The van der Waals surface area contributed by atoms with Gasteiger partial charge in [0.05, 0.1) is 14.2 Å². The summed E-state index contributed by atoms with van der Waals surface area (Å²) in [5, 5.41) is 0. The Morgan fingerprint density at radius 3 is 2.20 bits per heavy atom. The maximum absolute atomic E-state index is 13.2. The van der Waals surface area contributed by atoms with Crippen molar-refractivity contribution < 1.29 is 22.7 Å². The number of carbonyl (C=O) groups is 1. The van der Waals surface area contributed by atoms with Crippen LogP contribution in [0.3, 0.4) is 0 Å². The SMILES string of the molecule is COc1ccc(N2CCN(C(=O)c3ccc(OC)c(S(=O)(=O)NCc4ccccc4)c3)CC2)cc1. The molecule has 1 aliphatic heterocycles. The Morgan fingerprint density at radius 2 is 1.57 bits per heavy atom. The van der Waals surface area contributed by atoms with Gasteiger partial charge in [0.25, 0.3) is 5.91 Å². The van der Waals surface area contributed by atoms with E-state index in [1.807, 2.05) is 54.6 Å². The number of piperazine rings is 1. The second-order valence-corrected chi connectivity index (χ2v) is 9.89. The molecule has 1 saturated heterocycles. The summed E-state index contributed by atoms with van der Waals surface area (Å²) in [4.78, 5) is 17.1. The lowest BCUT2D eigenvalue weighted by atomic mass is 10.1. The summed E-state index contributed by atoms with van der Waals surface area (Å²) in [7, 11) is -0.861. The highest BCUT2D eigenvalue weighted by atomic mass is 32.2. The van der Waals surface area contributed by atoms with Crippen LogP contribution >= 0.6 is 0 Å². The largest absolute Gasteiger partial charge is 0.497 e. The van der Waals surface area contributed by atoms with Gasteiger partial charge in [0.1, 0.15) is 16.4 Å². The first-order valence-corrected chi connectivity index (χ1v) is 12.8. The predicted molar refractivity (Wildman–Crippen MR) is 135 cm³/mol. The van der Waals surface area contributed by atoms with E-state index in [4.69, 9.17) is 9.47 Å². The van der Waals surface area contributed by atoms with Gasteiger partial charge in [-0.2, -0.15) is 0 Å². The topological polar surface area (TPSA) is 88.2 Å². The minimum absolute atomic E-state index is 0.0568. The van der Waals surface area contributed by atoms with E-state index in [9.17, 15) is 13.2 Å². The number of carbonyl (C=O) groups excluding carboxylic acids is 1. The molecule has 184 valence electrons. The van der Waals surface area contributed by atoms with Crippen molar-refractivity contribution in [1.29, 1.82) is 0 Å². The lowest BCUT2D eigenvalue weighted by molar-refractivity contribution is 0.0746. The van der Waals surface area contributed by atoms with Gasteiger partial charge in [0.15, 0.2) is 0 Å². The van der Waals surface area contributed by atoms with Crippen LogP contribution in [0.25, 0.3) is 0 Å². The van der Waals surface area contributed by atoms with Crippen LogP contribution in [0.4, 0.5) is 5.69 Å². The molecule has 1 heterocycles. The van der Waals surface area contributed by atoms with Gasteiger partial charge in [-0.3, -0.25) is 4.79 Å². The first-order valence-electron chi connectivity index (χ1n) is 11.3. The molecule has 1 aliphatic rings. The zero-order chi connectivity index (χ0) is 24.8. The van der Waals surface area contributed by atoms with Gasteiger partial charge in [-0.05, 0) is 48.0 Å². The van der Waals surface area contributed by atoms with Gasteiger partial charge in [0.2, 0.25) is 10.0 Å². The van der Waals surface area contributed by atoms with Crippen molar-refractivity contribution in [2.75, 3.05) is 45.3 Å². The summed E-state index contributed by atoms with van der Waals surface area (Å²) in [6.07, 6.45) is 0. The first-order chi connectivity index (χ1) is 16.9. The third kappa shape index (κ3) is 5.75. The molecule has 0 spiro atoms. The lowest BCUT2D eigenvalue weighted by Gasteiger charge is -2.36. The van der Waals surface area contributed by atoms with Crippen molar-refractivity contribution in [1.82, 2.24) is 9.62 Å². The van der Waals surface area contributed by atoms with E-state index in [2.05, 4.69) is 9.62 Å². The standard InChI is InChI=1S/C26H29N3O5S/c1-33-23-11-9-22(10-12-23)28-14-16-29(17-15-28)26(30)21-8-13-24(34-2)25(18-21)35(31,32)27-19-20-6-4-3-5-7-20/h3-13,18,27H,14-17,19H2,1-2H3. The highest BCUT2D eigenvalue weighted by Crippen LogP contribution is 2.26. The van der Waals surface area contributed by atoms with E-state index < -0.39 is 10.0 Å². The normalized spacial score (nSPS) is 14.0. The van der Waals surface area contributed by atoms with Gasteiger partial charge < -0.3 is 19.3 Å². The maximum Gasteiger partial charge on any atom is 0.254 e. The predicted octanol–water partition coefficient (Wildman–Crippen LogP) is 3.14. The van der Waals surface area contributed by atoms with Crippen molar-refractivity contribution in [3.63, 3.8) is 0 Å². The van der Waals surface area contributed by atoms with E-state index in [0.29, 0.717) is 31.7 Å². The molecule has 1 amide bonds. The molecule has 1 N–H and O–H groups in total. The van der Waals surface area contributed by atoms with E-state index >= 15 is 0 Å². The van der Waals surface area contributed by atoms with E-state index in [1.54, 1.807) is 18.1 Å². The Kier molecular flexibility index (Phi) is 7.57. The summed E-state index contributed by atoms with van der Waals surface area (Å²) >= 11 is 0. The van der Waals surface area contributed by atoms with Crippen molar-refractivity contribution in [3.8, 4) is 11.5 Å². The monoisotopic (exact) mass is 495 g/mol. The minimum Gasteiger partial charge on any atom is -0.497 e. The number of nitrogens with zero attached hydrogens (tertiary/aromatic N) is 2. The summed E-state index contributed by atoms with van der Waals surface area (Å²) < 4.78 is 39.2. The number of benzene rings is 3. The number of nitrogens with one attached hydrogen (secondary N) is 1. The average Bonchev–Trinajstić information content (AvgIpc) is 2.92. The zero-order valence-electron chi connectivity index (χ0n) is 19.8. The Hall–Kier alpha value is -3.56. The molecule has 0 bridgehead atoms. The first kappa shape index (κ1) is 24.6. The molecule has 0 atom stereocenters. The molecule has 0 aliphatic carbocycles. The molecule has 0 aromatic heterocycles. The van der Waals surface area contributed by atoms with Gasteiger partial charge in [-0.25, -0.2) is 13.1 Å². The van der Waals surface area contributed by atoms with Crippen LogP contribution in [0, 0.1) is 0 Å². The number of anilines is 1. The molecule has 35 heavy (non-hydrogen) atoms. The summed E-state index contributed by atoms with van der Waals surface area (Å²) in [5.41, 5.74) is 2.21. The van der Waals surface area contributed by atoms with Crippen molar-refractivity contribution >= 4 is 21.6 Å². The molecule has 3 aromatic carbocycles. The molecule has 0 radical (unpaired) electrons. The highest BCUT2D eigenvalue weighted by Gasteiger charge is 2.26. The molecule has 9 heteroatoms. The quantitative estimate of drug-likeness (QED) is 0.517. The molecule has 4 rings (SSSR count). The second kappa shape index (κ2) is 10.8. The molecule has 1 fully saturated rings. The fourth-order valence-electron chi connectivity index (χ4n) is 4.02. The fourth-order valence-corrected chi connectivity index (χ4v) is 5.23. The van der Waals surface area contributed by atoms with Gasteiger partial charge in [-0.1, -0.05) is 30.3 Å². The van der Waals surface area contributed by atoms with E-state index in [0.717, 1.165) is 17.0 Å². The Morgan fingerprint density at radius 1 is 0.886 bits per heavy atom. The minimum atomic E-state index is -3.90. The summed E-state index contributed by atoms with van der Waals surface area (Å²) in [6, 6.07) is 21.6. The molecular formula is C26H29N3O5S. The highest BCUT2D eigenvalue weighted by molar-refractivity contribution is 7.89. The summed E-state index contributed by atoms with van der Waals surface area (Å²) in [5.74, 6) is 0.777. The van der Waals surface area contributed by atoms with Crippen molar-refractivity contribution in [3.05, 3.63) is 83.9 Å². The van der Waals surface area contributed by atoms with Crippen LogP contribution in [0.1, 0.15) is 15.9 Å².